The Morgan fingerprint density at radius 2 is 2.10 bits per heavy atom. The van der Waals surface area contributed by atoms with E-state index in [4.69, 9.17) is 4.74 Å². The molecule has 1 aromatic rings. The molecule has 1 aliphatic heterocycles. The first-order valence-electron chi connectivity index (χ1n) is 7.91. The van der Waals surface area contributed by atoms with Gasteiger partial charge in [-0.25, -0.2) is 0 Å². The summed E-state index contributed by atoms with van der Waals surface area (Å²) in [5, 5.41) is 1.03. The Hall–Kier alpha value is -0.380. The molecule has 2 unspecified atom stereocenters. The molecule has 0 N–H and O–H groups in total. The number of benzene rings is 1. The second-order valence-electron chi connectivity index (χ2n) is 5.85. The van der Waals surface area contributed by atoms with Crippen LogP contribution in [0.15, 0.2) is 24.3 Å². The van der Waals surface area contributed by atoms with Crippen molar-refractivity contribution in [2.45, 2.75) is 50.8 Å². The van der Waals surface area contributed by atoms with Gasteiger partial charge in [0, 0.05) is 24.5 Å². The van der Waals surface area contributed by atoms with Gasteiger partial charge >= 0.3 is 0 Å². The molecule has 1 heterocycles. The molecule has 110 valence electrons. The van der Waals surface area contributed by atoms with Crippen LogP contribution in [0.1, 0.15) is 49.3 Å². The Balaban J connectivity index is 1.70. The fourth-order valence-corrected chi connectivity index (χ4v) is 3.84. The molecule has 0 aromatic heterocycles. The van der Waals surface area contributed by atoms with Gasteiger partial charge in [0.15, 0.2) is 0 Å². The molecule has 2 nitrogen and oxygen atoms in total. The van der Waals surface area contributed by atoms with Gasteiger partial charge in [-0.1, -0.05) is 40.2 Å². The van der Waals surface area contributed by atoms with Crippen molar-refractivity contribution in [2.24, 2.45) is 0 Å². The molecule has 2 aliphatic rings. The van der Waals surface area contributed by atoms with E-state index < -0.39 is 0 Å². The SMILES string of the molecule is BrCCCOC1CCCCN1C1CCc2ccccc21. The van der Waals surface area contributed by atoms with E-state index in [1.54, 1.807) is 11.1 Å². The molecule has 1 aliphatic carbocycles. The molecule has 0 amide bonds. The molecule has 3 heteroatoms. The van der Waals surface area contributed by atoms with Crippen LogP contribution in [0.5, 0.6) is 0 Å². The normalized spacial score (nSPS) is 26.6. The maximum absolute atomic E-state index is 6.16. The summed E-state index contributed by atoms with van der Waals surface area (Å²) in [5.74, 6) is 0. The summed E-state index contributed by atoms with van der Waals surface area (Å²) in [5.41, 5.74) is 3.09. The number of hydrogen-bond donors (Lipinski definition) is 0. The van der Waals surface area contributed by atoms with Gasteiger partial charge in [-0.15, -0.1) is 0 Å². The van der Waals surface area contributed by atoms with Crippen LogP contribution in [0, 0.1) is 0 Å². The number of aryl methyl sites for hydroxylation is 1. The van der Waals surface area contributed by atoms with Crippen molar-refractivity contribution in [3.05, 3.63) is 35.4 Å². The average Bonchev–Trinajstić information content (AvgIpc) is 2.92. The third-order valence-corrected chi connectivity index (χ3v) is 5.14. The third-order valence-electron chi connectivity index (χ3n) is 4.58. The van der Waals surface area contributed by atoms with Crippen molar-refractivity contribution in [1.82, 2.24) is 4.90 Å². The highest BCUT2D eigenvalue weighted by Gasteiger charge is 2.33. The van der Waals surface area contributed by atoms with Crippen molar-refractivity contribution in [2.75, 3.05) is 18.5 Å². The van der Waals surface area contributed by atoms with Gasteiger partial charge in [0.1, 0.15) is 6.23 Å². The van der Waals surface area contributed by atoms with Gasteiger partial charge in [0.25, 0.3) is 0 Å². The molecule has 0 spiro atoms. The number of alkyl halides is 1. The third kappa shape index (κ3) is 3.10. The van der Waals surface area contributed by atoms with Crippen LogP contribution in [0.25, 0.3) is 0 Å². The summed E-state index contributed by atoms with van der Waals surface area (Å²) < 4.78 is 6.16. The summed E-state index contributed by atoms with van der Waals surface area (Å²) >= 11 is 3.48. The Bertz CT molecular complexity index is 437. The molecule has 1 aromatic carbocycles. The number of rotatable bonds is 5. The monoisotopic (exact) mass is 337 g/mol. The highest BCUT2D eigenvalue weighted by molar-refractivity contribution is 9.09. The van der Waals surface area contributed by atoms with Gasteiger partial charge in [-0.2, -0.15) is 0 Å². The van der Waals surface area contributed by atoms with E-state index in [-0.39, 0.29) is 0 Å². The lowest BCUT2D eigenvalue weighted by Crippen LogP contribution is -2.43. The fourth-order valence-electron chi connectivity index (χ4n) is 3.61. The minimum Gasteiger partial charge on any atom is -0.363 e. The Kier molecular flexibility index (Phi) is 5.14. The Morgan fingerprint density at radius 1 is 1.20 bits per heavy atom. The molecule has 20 heavy (non-hydrogen) atoms. The van der Waals surface area contributed by atoms with Gasteiger partial charge in [-0.3, -0.25) is 4.90 Å². The second kappa shape index (κ2) is 7.06. The van der Waals surface area contributed by atoms with Crippen molar-refractivity contribution in [1.29, 1.82) is 0 Å². The van der Waals surface area contributed by atoms with Crippen molar-refractivity contribution < 1.29 is 4.74 Å². The number of fused-ring (bicyclic) bond motifs is 1. The number of halogens is 1. The van der Waals surface area contributed by atoms with E-state index in [2.05, 4.69) is 45.1 Å². The zero-order chi connectivity index (χ0) is 13.8. The first kappa shape index (κ1) is 14.6. The predicted molar refractivity (Wildman–Crippen MR) is 86.2 cm³/mol. The maximum atomic E-state index is 6.16. The summed E-state index contributed by atoms with van der Waals surface area (Å²) in [4.78, 5) is 2.63. The van der Waals surface area contributed by atoms with Crippen LogP contribution in [0.4, 0.5) is 0 Å². The number of hydrogen-bond acceptors (Lipinski definition) is 2. The zero-order valence-electron chi connectivity index (χ0n) is 12.1. The van der Waals surface area contributed by atoms with E-state index in [1.165, 1.54) is 38.6 Å². The van der Waals surface area contributed by atoms with Gasteiger partial charge in [0.2, 0.25) is 0 Å². The maximum Gasteiger partial charge on any atom is 0.111 e. The standard InChI is InChI=1S/C17H24BrNO/c18-11-5-13-20-17-8-3-4-12-19(17)16-10-9-14-6-1-2-7-15(14)16/h1-2,6-7,16-17H,3-5,8-13H2. The molecular weight excluding hydrogens is 314 g/mol. The molecule has 0 bridgehead atoms. The van der Waals surface area contributed by atoms with Crippen LogP contribution >= 0.6 is 15.9 Å². The topological polar surface area (TPSA) is 12.5 Å². The molecule has 3 rings (SSSR count). The van der Waals surface area contributed by atoms with Crippen LogP contribution in [0.3, 0.4) is 0 Å². The average molecular weight is 338 g/mol. The minimum absolute atomic E-state index is 0.332. The Morgan fingerprint density at radius 3 is 3.00 bits per heavy atom. The van der Waals surface area contributed by atoms with Gasteiger partial charge < -0.3 is 4.74 Å². The number of nitrogens with zero attached hydrogens (tertiary/aromatic N) is 1. The molecule has 1 saturated heterocycles. The van der Waals surface area contributed by atoms with E-state index >= 15 is 0 Å². The van der Waals surface area contributed by atoms with Gasteiger partial charge in [0.05, 0.1) is 0 Å². The number of ether oxygens (including phenoxy) is 1. The number of piperidine rings is 1. The lowest BCUT2D eigenvalue weighted by molar-refractivity contribution is -0.0989. The minimum atomic E-state index is 0.332. The highest BCUT2D eigenvalue weighted by Crippen LogP contribution is 2.39. The summed E-state index contributed by atoms with van der Waals surface area (Å²) in [6.07, 6.45) is 7.75. The second-order valence-corrected chi connectivity index (χ2v) is 6.65. The van der Waals surface area contributed by atoms with E-state index in [9.17, 15) is 0 Å². The quantitative estimate of drug-likeness (QED) is 0.587. The Labute approximate surface area is 130 Å². The lowest BCUT2D eigenvalue weighted by Gasteiger charge is -2.40. The van der Waals surface area contributed by atoms with Crippen LogP contribution < -0.4 is 0 Å². The first-order valence-corrected chi connectivity index (χ1v) is 9.03. The van der Waals surface area contributed by atoms with Crippen LogP contribution in [-0.2, 0) is 11.2 Å². The van der Waals surface area contributed by atoms with Crippen LogP contribution in [0.2, 0.25) is 0 Å². The summed E-state index contributed by atoms with van der Waals surface area (Å²) in [7, 11) is 0. The molecule has 0 radical (unpaired) electrons. The summed E-state index contributed by atoms with van der Waals surface area (Å²) in [6.45, 7) is 2.07. The van der Waals surface area contributed by atoms with Gasteiger partial charge in [-0.05, 0) is 49.7 Å². The first-order chi connectivity index (χ1) is 9.90. The largest absolute Gasteiger partial charge is 0.363 e. The molecule has 2 atom stereocenters. The fraction of sp³-hybridized carbons (Fsp3) is 0.647. The summed E-state index contributed by atoms with van der Waals surface area (Å²) in [6, 6.07) is 9.54. The lowest BCUT2D eigenvalue weighted by atomic mass is 10.0. The van der Waals surface area contributed by atoms with Crippen molar-refractivity contribution in [3.8, 4) is 0 Å². The van der Waals surface area contributed by atoms with Crippen molar-refractivity contribution in [3.63, 3.8) is 0 Å². The predicted octanol–water partition coefficient (Wildman–Crippen LogP) is 4.29. The molecule has 0 saturated carbocycles. The molecule has 1 fully saturated rings. The highest BCUT2D eigenvalue weighted by atomic mass is 79.9. The van der Waals surface area contributed by atoms with E-state index in [0.29, 0.717) is 12.3 Å². The van der Waals surface area contributed by atoms with E-state index in [0.717, 1.165) is 18.4 Å². The number of likely N-dealkylation sites (tertiary alicyclic amines) is 1. The molecular formula is C17H24BrNO. The zero-order valence-corrected chi connectivity index (χ0v) is 13.6. The van der Waals surface area contributed by atoms with Crippen molar-refractivity contribution >= 4 is 15.9 Å². The smallest absolute Gasteiger partial charge is 0.111 e. The van der Waals surface area contributed by atoms with E-state index in [1.807, 2.05) is 0 Å². The van der Waals surface area contributed by atoms with Crippen LogP contribution in [-0.4, -0.2) is 29.6 Å².